The Kier molecular flexibility index (Phi) is 7.18. The highest BCUT2D eigenvalue weighted by molar-refractivity contribution is 5.96. The number of halogens is 1. The van der Waals surface area contributed by atoms with Gasteiger partial charge in [-0.25, -0.2) is 4.39 Å². The molecule has 2 rings (SSSR count). The molecule has 1 aromatic rings. The number of carbonyl (C=O) groups excluding carboxylic acids is 2. The summed E-state index contributed by atoms with van der Waals surface area (Å²) in [7, 11) is 3.97. The first-order valence-electron chi connectivity index (χ1n) is 8.65. The summed E-state index contributed by atoms with van der Waals surface area (Å²) in [6, 6.07) is 6.36. The van der Waals surface area contributed by atoms with Crippen LogP contribution in [0, 0.1) is 5.82 Å². The van der Waals surface area contributed by atoms with Gasteiger partial charge in [0, 0.05) is 38.4 Å². The third-order valence-corrected chi connectivity index (χ3v) is 4.24. The van der Waals surface area contributed by atoms with Crippen molar-refractivity contribution in [3.63, 3.8) is 0 Å². The Morgan fingerprint density at radius 3 is 2.36 bits per heavy atom. The summed E-state index contributed by atoms with van der Waals surface area (Å²) < 4.78 is 13.0. The minimum absolute atomic E-state index is 0.0987. The molecule has 2 amide bonds. The van der Waals surface area contributed by atoms with Crippen molar-refractivity contribution in [3.05, 3.63) is 30.1 Å². The molecule has 1 aliphatic rings. The fourth-order valence-electron chi connectivity index (χ4n) is 2.80. The van der Waals surface area contributed by atoms with Crippen LogP contribution in [0.15, 0.2) is 24.3 Å². The number of carbonyl (C=O) groups is 2. The number of piperazine rings is 1. The number of anilines is 1. The standard InChI is InChI=1S/C18H27FN4O2/c1-21(2)9-3-8-20-17(24)14-18(25)23-12-10-22(11-13-23)16-6-4-15(19)5-7-16/h4-7H,3,8-14H2,1-2H3,(H,20,24). The number of nitrogens with zero attached hydrogens (tertiary/aromatic N) is 3. The van der Waals surface area contributed by atoms with E-state index < -0.39 is 0 Å². The molecular formula is C18H27FN4O2. The third kappa shape index (κ3) is 6.34. The van der Waals surface area contributed by atoms with Crippen molar-refractivity contribution >= 4 is 17.5 Å². The van der Waals surface area contributed by atoms with E-state index in [1.165, 1.54) is 12.1 Å². The molecule has 0 saturated carbocycles. The Balaban J connectivity index is 1.70. The SMILES string of the molecule is CN(C)CCCNC(=O)CC(=O)N1CCN(c2ccc(F)cc2)CC1. The Bertz CT molecular complexity index is 569. The van der Waals surface area contributed by atoms with Gasteiger partial charge in [0.05, 0.1) is 0 Å². The topological polar surface area (TPSA) is 55.9 Å². The Labute approximate surface area is 148 Å². The highest BCUT2D eigenvalue weighted by Crippen LogP contribution is 2.17. The second-order valence-electron chi connectivity index (χ2n) is 6.53. The maximum atomic E-state index is 13.0. The monoisotopic (exact) mass is 350 g/mol. The minimum atomic E-state index is -0.255. The summed E-state index contributed by atoms with van der Waals surface area (Å²) in [4.78, 5) is 30.0. The number of hydrogen-bond acceptors (Lipinski definition) is 4. The zero-order valence-electron chi connectivity index (χ0n) is 15.0. The first-order valence-corrected chi connectivity index (χ1v) is 8.65. The summed E-state index contributed by atoms with van der Waals surface area (Å²) in [5, 5.41) is 2.79. The Morgan fingerprint density at radius 1 is 1.12 bits per heavy atom. The van der Waals surface area contributed by atoms with Crippen LogP contribution in [0.1, 0.15) is 12.8 Å². The molecule has 1 fully saturated rings. The minimum Gasteiger partial charge on any atom is -0.368 e. The lowest BCUT2D eigenvalue weighted by atomic mass is 10.2. The van der Waals surface area contributed by atoms with Crippen molar-refractivity contribution in [2.75, 3.05) is 58.3 Å². The van der Waals surface area contributed by atoms with Crippen molar-refractivity contribution < 1.29 is 14.0 Å². The maximum Gasteiger partial charge on any atom is 0.232 e. The van der Waals surface area contributed by atoms with Crippen LogP contribution in [-0.2, 0) is 9.59 Å². The quantitative estimate of drug-likeness (QED) is 0.587. The largest absolute Gasteiger partial charge is 0.368 e. The molecule has 0 atom stereocenters. The van der Waals surface area contributed by atoms with Gasteiger partial charge in [-0.05, 0) is 51.3 Å². The lowest BCUT2D eigenvalue weighted by Gasteiger charge is -2.36. The van der Waals surface area contributed by atoms with Crippen LogP contribution in [0.3, 0.4) is 0 Å². The van der Waals surface area contributed by atoms with Crippen molar-refractivity contribution in [1.29, 1.82) is 0 Å². The molecule has 6 nitrogen and oxygen atoms in total. The summed E-state index contributed by atoms with van der Waals surface area (Å²) in [6.45, 7) is 4.00. The molecule has 1 aliphatic heterocycles. The van der Waals surface area contributed by atoms with E-state index in [2.05, 4.69) is 15.1 Å². The highest BCUT2D eigenvalue weighted by Gasteiger charge is 2.22. The molecule has 0 aliphatic carbocycles. The number of hydrogen-bond donors (Lipinski definition) is 1. The maximum absolute atomic E-state index is 13.0. The third-order valence-electron chi connectivity index (χ3n) is 4.24. The van der Waals surface area contributed by atoms with Crippen LogP contribution >= 0.6 is 0 Å². The Hall–Kier alpha value is -2.15. The van der Waals surface area contributed by atoms with Gasteiger partial charge in [0.25, 0.3) is 0 Å². The highest BCUT2D eigenvalue weighted by atomic mass is 19.1. The van der Waals surface area contributed by atoms with E-state index in [-0.39, 0.29) is 24.1 Å². The predicted molar refractivity (Wildman–Crippen MR) is 96.0 cm³/mol. The van der Waals surface area contributed by atoms with Gasteiger partial charge in [-0.15, -0.1) is 0 Å². The number of nitrogens with one attached hydrogen (secondary N) is 1. The molecule has 25 heavy (non-hydrogen) atoms. The molecule has 1 aromatic carbocycles. The van der Waals surface area contributed by atoms with Gasteiger partial charge in [0.2, 0.25) is 11.8 Å². The molecule has 138 valence electrons. The average Bonchev–Trinajstić information content (AvgIpc) is 2.59. The van der Waals surface area contributed by atoms with Crippen molar-refractivity contribution in [2.45, 2.75) is 12.8 Å². The molecule has 0 aromatic heterocycles. The second-order valence-corrected chi connectivity index (χ2v) is 6.53. The van der Waals surface area contributed by atoms with Crippen molar-refractivity contribution in [2.24, 2.45) is 0 Å². The summed E-state index contributed by atoms with van der Waals surface area (Å²) in [5.41, 5.74) is 0.951. The van der Waals surface area contributed by atoms with Gasteiger partial charge in [0.15, 0.2) is 0 Å². The number of rotatable bonds is 7. The normalized spacial score (nSPS) is 14.7. The van der Waals surface area contributed by atoms with Crippen LogP contribution in [0.25, 0.3) is 0 Å². The molecule has 1 heterocycles. The van der Waals surface area contributed by atoms with Gasteiger partial charge in [-0.1, -0.05) is 0 Å². The molecule has 1 N–H and O–H groups in total. The average molecular weight is 350 g/mol. The molecular weight excluding hydrogens is 323 g/mol. The number of amides is 2. The van der Waals surface area contributed by atoms with Crippen LogP contribution in [0.2, 0.25) is 0 Å². The first kappa shape index (κ1) is 19.2. The van der Waals surface area contributed by atoms with E-state index in [1.807, 2.05) is 14.1 Å². The fourth-order valence-corrected chi connectivity index (χ4v) is 2.80. The van der Waals surface area contributed by atoms with E-state index in [1.54, 1.807) is 17.0 Å². The van der Waals surface area contributed by atoms with Gasteiger partial charge in [-0.3, -0.25) is 9.59 Å². The second kappa shape index (κ2) is 9.36. The van der Waals surface area contributed by atoms with E-state index >= 15 is 0 Å². The molecule has 0 unspecified atom stereocenters. The molecule has 7 heteroatoms. The van der Waals surface area contributed by atoms with Crippen LogP contribution < -0.4 is 10.2 Å². The number of benzene rings is 1. The van der Waals surface area contributed by atoms with E-state index in [0.717, 1.165) is 18.7 Å². The molecule has 0 spiro atoms. The van der Waals surface area contributed by atoms with Crippen molar-refractivity contribution in [3.8, 4) is 0 Å². The summed E-state index contributed by atoms with van der Waals surface area (Å²) in [6.07, 6.45) is 0.766. The molecule has 1 saturated heterocycles. The van der Waals surface area contributed by atoms with Crippen molar-refractivity contribution in [1.82, 2.24) is 15.1 Å². The van der Waals surface area contributed by atoms with Crippen LogP contribution in [-0.4, -0.2) is 75.0 Å². The summed E-state index contributed by atoms with van der Waals surface area (Å²) in [5.74, 6) is -0.609. The predicted octanol–water partition coefficient (Wildman–Crippen LogP) is 0.932. The lowest BCUT2D eigenvalue weighted by Crippen LogP contribution is -2.49. The zero-order valence-corrected chi connectivity index (χ0v) is 15.0. The van der Waals surface area contributed by atoms with E-state index in [0.29, 0.717) is 32.7 Å². The lowest BCUT2D eigenvalue weighted by molar-refractivity contribution is -0.136. The zero-order chi connectivity index (χ0) is 18.2. The smallest absolute Gasteiger partial charge is 0.232 e. The van der Waals surface area contributed by atoms with E-state index in [9.17, 15) is 14.0 Å². The first-order chi connectivity index (χ1) is 12.0. The Morgan fingerprint density at radius 2 is 1.76 bits per heavy atom. The molecule has 0 radical (unpaired) electrons. The van der Waals surface area contributed by atoms with E-state index in [4.69, 9.17) is 0 Å². The van der Waals surface area contributed by atoms with Gasteiger partial charge in [0.1, 0.15) is 12.2 Å². The fraction of sp³-hybridized carbons (Fsp3) is 0.556. The van der Waals surface area contributed by atoms with Crippen LogP contribution in [0.4, 0.5) is 10.1 Å². The van der Waals surface area contributed by atoms with Gasteiger partial charge < -0.3 is 20.0 Å². The molecule has 0 bridgehead atoms. The van der Waals surface area contributed by atoms with Gasteiger partial charge in [-0.2, -0.15) is 0 Å². The van der Waals surface area contributed by atoms with Gasteiger partial charge >= 0.3 is 0 Å². The summed E-state index contributed by atoms with van der Waals surface area (Å²) >= 11 is 0. The van der Waals surface area contributed by atoms with Crippen LogP contribution in [0.5, 0.6) is 0 Å².